The third-order valence-electron chi connectivity index (χ3n) is 2.02. The molecule has 1 aromatic rings. The summed E-state index contributed by atoms with van der Waals surface area (Å²) in [6.45, 7) is 6.12. The Balaban J connectivity index is 0.00000324. The van der Waals surface area contributed by atoms with Gasteiger partial charge in [-0.1, -0.05) is 23.2 Å². The van der Waals surface area contributed by atoms with Gasteiger partial charge in [0.25, 0.3) is 5.91 Å². The van der Waals surface area contributed by atoms with Gasteiger partial charge in [-0.15, -0.1) is 12.4 Å². The van der Waals surface area contributed by atoms with Gasteiger partial charge in [0.1, 0.15) is 0 Å². The van der Waals surface area contributed by atoms with Crippen molar-refractivity contribution in [3.63, 3.8) is 0 Å². The van der Waals surface area contributed by atoms with Crippen molar-refractivity contribution in [2.45, 2.75) is 26.8 Å². The molecule has 0 aromatic heterocycles. The highest BCUT2D eigenvalue weighted by molar-refractivity contribution is 6.37. The lowest BCUT2D eigenvalue weighted by atomic mass is 10.2. The Hall–Kier alpha value is -0.680. The number of nitrogens with one attached hydrogen (secondary N) is 2. The van der Waals surface area contributed by atoms with E-state index in [-0.39, 0.29) is 24.4 Å². The first kappa shape index (κ1) is 18.3. The Kier molecular flexibility index (Phi) is 8.18. The average molecular weight is 328 g/mol. The maximum absolute atomic E-state index is 11.8. The molecule has 2 N–H and O–H groups in total. The summed E-state index contributed by atoms with van der Waals surface area (Å²) in [5, 5.41) is 0.637. The lowest BCUT2D eigenvalue weighted by Crippen LogP contribution is -2.41. The molecule has 19 heavy (non-hydrogen) atoms. The quantitative estimate of drug-likeness (QED) is 0.814. The van der Waals surface area contributed by atoms with Gasteiger partial charge < -0.3 is 4.74 Å². The zero-order valence-corrected chi connectivity index (χ0v) is 13.2. The van der Waals surface area contributed by atoms with Crippen molar-refractivity contribution in [3.8, 4) is 5.75 Å². The second kappa shape index (κ2) is 8.48. The molecule has 1 amide bonds. The van der Waals surface area contributed by atoms with E-state index in [9.17, 15) is 4.79 Å². The molecular weight excluding hydrogens is 311 g/mol. The van der Waals surface area contributed by atoms with Crippen LogP contribution in [0, 0.1) is 0 Å². The number of hydrogen-bond donors (Lipinski definition) is 2. The van der Waals surface area contributed by atoms with Crippen molar-refractivity contribution in [3.05, 3.63) is 27.7 Å². The first-order valence-corrected chi connectivity index (χ1v) is 6.39. The SMILES string of the molecule is CCOc1c(Cl)cc(C(=O)NNC(C)C)cc1Cl.Cl. The number of rotatable bonds is 5. The summed E-state index contributed by atoms with van der Waals surface area (Å²) >= 11 is 12.0. The van der Waals surface area contributed by atoms with Crippen molar-refractivity contribution >= 4 is 41.5 Å². The van der Waals surface area contributed by atoms with Crippen LogP contribution in [-0.4, -0.2) is 18.6 Å². The van der Waals surface area contributed by atoms with Crippen molar-refractivity contribution in [1.82, 2.24) is 10.9 Å². The Bertz CT molecular complexity index is 416. The molecule has 0 atom stereocenters. The minimum absolute atomic E-state index is 0. The molecule has 7 heteroatoms. The molecule has 4 nitrogen and oxygen atoms in total. The van der Waals surface area contributed by atoms with E-state index in [1.54, 1.807) is 0 Å². The number of hydrogen-bond acceptors (Lipinski definition) is 3. The van der Waals surface area contributed by atoms with Gasteiger partial charge in [0.05, 0.1) is 16.7 Å². The highest BCUT2D eigenvalue weighted by atomic mass is 35.5. The Morgan fingerprint density at radius 1 is 1.32 bits per heavy atom. The van der Waals surface area contributed by atoms with Crippen LogP contribution >= 0.6 is 35.6 Å². The van der Waals surface area contributed by atoms with E-state index in [0.717, 1.165) is 0 Å². The van der Waals surface area contributed by atoms with Crippen molar-refractivity contribution in [2.75, 3.05) is 6.61 Å². The van der Waals surface area contributed by atoms with Crippen LogP contribution in [0.2, 0.25) is 10.0 Å². The van der Waals surface area contributed by atoms with Crippen molar-refractivity contribution in [1.29, 1.82) is 0 Å². The molecule has 1 rings (SSSR count). The summed E-state index contributed by atoms with van der Waals surface area (Å²) < 4.78 is 5.29. The Labute approximate surface area is 129 Å². The average Bonchev–Trinajstić information content (AvgIpc) is 2.30. The van der Waals surface area contributed by atoms with E-state index in [1.807, 2.05) is 20.8 Å². The van der Waals surface area contributed by atoms with Crippen LogP contribution in [0.4, 0.5) is 0 Å². The minimum Gasteiger partial charge on any atom is -0.491 e. The van der Waals surface area contributed by atoms with Crippen LogP contribution < -0.4 is 15.6 Å². The molecule has 0 aliphatic carbocycles. The monoisotopic (exact) mass is 326 g/mol. The third kappa shape index (κ3) is 5.45. The molecule has 0 saturated carbocycles. The first-order valence-electron chi connectivity index (χ1n) is 5.63. The van der Waals surface area contributed by atoms with Crippen LogP contribution in [0.3, 0.4) is 0 Å². The van der Waals surface area contributed by atoms with E-state index < -0.39 is 0 Å². The van der Waals surface area contributed by atoms with Crippen LogP contribution in [0.1, 0.15) is 31.1 Å². The van der Waals surface area contributed by atoms with E-state index in [2.05, 4.69) is 10.9 Å². The highest BCUT2D eigenvalue weighted by Gasteiger charge is 2.13. The van der Waals surface area contributed by atoms with E-state index in [0.29, 0.717) is 28.0 Å². The molecule has 0 spiro atoms. The molecule has 1 aromatic carbocycles. The lowest BCUT2D eigenvalue weighted by Gasteiger charge is -2.12. The molecule has 0 bridgehead atoms. The minimum atomic E-state index is -0.296. The fourth-order valence-corrected chi connectivity index (χ4v) is 1.85. The number of ether oxygens (including phenoxy) is 1. The zero-order chi connectivity index (χ0) is 13.7. The largest absolute Gasteiger partial charge is 0.491 e. The Morgan fingerprint density at radius 2 is 1.84 bits per heavy atom. The summed E-state index contributed by atoms with van der Waals surface area (Å²) in [5.41, 5.74) is 5.74. The fourth-order valence-electron chi connectivity index (χ4n) is 1.26. The maximum atomic E-state index is 11.8. The number of amides is 1. The summed E-state index contributed by atoms with van der Waals surface area (Å²) in [5.74, 6) is 0.102. The summed E-state index contributed by atoms with van der Waals surface area (Å²) in [6, 6.07) is 3.19. The van der Waals surface area contributed by atoms with Crippen LogP contribution in [0.5, 0.6) is 5.75 Å². The number of carbonyl (C=O) groups is 1. The highest BCUT2D eigenvalue weighted by Crippen LogP contribution is 2.34. The zero-order valence-electron chi connectivity index (χ0n) is 10.9. The third-order valence-corrected chi connectivity index (χ3v) is 2.59. The summed E-state index contributed by atoms with van der Waals surface area (Å²) in [7, 11) is 0. The number of benzene rings is 1. The van der Waals surface area contributed by atoms with Crippen LogP contribution in [0.25, 0.3) is 0 Å². The molecule has 0 fully saturated rings. The predicted octanol–water partition coefficient (Wildman–Crippen LogP) is 3.46. The normalized spacial score (nSPS) is 10.0. The molecule has 108 valence electrons. The lowest BCUT2D eigenvalue weighted by molar-refractivity contribution is 0.0927. The van der Waals surface area contributed by atoms with E-state index in [4.69, 9.17) is 27.9 Å². The second-order valence-electron chi connectivity index (χ2n) is 3.96. The molecule has 0 saturated heterocycles. The number of carbonyl (C=O) groups excluding carboxylic acids is 1. The van der Waals surface area contributed by atoms with Crippen LogP contribution in [-0.2, 0) is 0 Å². The summed E-state index contributed by atoms with van der Waals surface area (Å²) in [6.07, 6.45) is 0. The van der Waals surface area contributed by atoms with Gasteiger partial charge in [-0.3, -0.25) is 10.2 Å². The predicted molar refractivity (Wildman–Crippen MR) is 80.6 cm³/mol. The van der Waals surface area contributed by atoms with Crippen LogP contribution in [0.15, 0.2) is 12.1 Å². The topological polar surface area (TPSA) is 50.4 Å². The van der Waals surface area contributed by atoms with Crippen molar-refractivity contribution < 1.29 is 9.53 Å². The van der Waals surface area contributed by atoms with E-state index >= 15 is 0 Å². The Morgan fingerprint density at radius 3 is 2.26 bits per heavy atom. The first-order chi connectivity index (χ1) is 8.45. The molecular formula is C12H17Cl3N2O2. The van der Waals surface area contributed by atoms with Gasteiger partial charge in [0, 0.05) is 11.6 Å². The maximum Gasteiger partial charge on any atom is 0.265 e. The molecule has 0 radical (unpaired) electrons. The van der Waals surface area contributed by atoms with Gasteiger partial charge >= 0.3 is 0 Å². The second-order valence-corrected chi connectivity index (χ2v) is 4.77. The van der Waals surface area contributed by atoms with Gasteiger partial charge in [0.2, 0.25) is 0 Å². The molecule has 0 unspecified atom stereocenters. The standard InChI is InChI=1S/C12H16Cl2N2O2.ClH/c1-4-18-11-9(13)5-8(6-10(11)14)12(17)16-15-7(2)3;/h5-7,15H,4H2,1-3H3,(H,16,17);1H. The van der Waals surface area contributed by atoms with Gasteiger partial charge in [-0.2, -0.15) is 0 Å². The number of halogens is 3. The smallest absolute Gasteiger partial charge is 0.265 e. The number of hydrazine groups is 1. The summed E-state index contributed by atoms with van der Waals surface area (Å²) in [4.78, 5) is 11.8. The molecule has 0 aliphatic rings. The van der Waals surface area contributed by atoms with Gasteiger partial charge in [0.15, 0.2) is 5.75 Å². The van der Waals surface area contributed by atoms with Crippen molar-refractivity contribution in [2.24, 2.45) is 0 Å². The van der Waals surface area contributed by atoms with Gasteiger partial charge in [-0.05, 0) is 32.9 Å². The molecule has 0 heterocycles. The van der Waals surface area contributed by atoms with E-state index in [1.165, 1.54) is 12.1 Å². The van der Waals surface area contributed by atoms with Gasteiger partial charge in [-0.25, -0.2) is 5.43 Å². The molecule has 0 aliphatic heterocycles. The fraction of sp³-hybridized carbons (Fsp3) is 0.417.